The van der Waals surface area contributed by atoms with Gasteiger partial charge >= 0.3 is 0 Å². The minimum atomic E-state index is 0.192. The number of amidine groups is 1. The minimum absolute atomic E-state index is 0.192. The van der Waals surface area contributed by atoms with Gasteiger partial charge in [-0.2, -0.15) is 5.10 Å². The lowest BCUT2D eigenvalue weighted by molar-refractivity contribution is 0.195. The van der Waals surface area contributed by atoms with Crippen LogP contribution in [-0.2, 0) is 11.2 Å². The number of aromatic nitrogens is 2. The van der Waals surface area contributed by atoms with E-state index in [2.05, 4.69) is 28.6 Å². The zero-order valence-electron chi connectivity index (χ0n) is 18.5. The Kier molecular flexibility index (Phi) is 5.71. The van der Waals surface area contributed by atoms with Gasteiger partial charge < -0.3 is 20.9 Å². The van der Waals surface area contributed by atoms with E-state index in [1.54, 1.807) is 24.4 Å². The van der Waals surface area contributed by atoms with E-state index in [9.17, 15) is 5.11 Å². The number of rotatable bonds is 6. The number of fused-ring (bicyclic) bond motifs is 1. The number of hydrogen-bond donors (Lipinski definition) is 3. The first-order valence-electron chi connectivity index (χ1n) is 11.2. The molecule has 33 heavy (non-hydrogen) atoms. The quantitative estimate of drug-likeness (QED) is 0.302. The molecule has 1 aliphatic rings. The number of aromatic hydroxyl groups is 1. The van der Waals surface area contributed by atoms with E-state index in [-0.39, 0.29) is 11.8 Å². The van der Waals surface area contributed by atoms with Crippen LogP contribution in [0.1, 0.15) is 24.5 Å². The van der Waals surface area contributed by atoms with E-state index in [0.29, 0.717) is 12.4 Å². The van der Waals surface area contributed by atoms with Crippen molar-refractivity contribution >= 4 is 22.7 Å². The second-order valence-corrected chi connectivity index (χ2v) is 8.23. The number of phenolic OH excluding ortho intramolecular Hbond substituents is 1. The summed E-state index contributed by atoms with van der Waals surface area (Å²) in [6.45, 7) is 3.41. The molecule has 0 radical (unpaired) electrons. The van der Waals surface area contributed by atoms with Gasteiger partial charge in [-0.3, -0.25) is 0 Å². The normalized spacial score (nSPS) is 16.4. The summed E-state index contributed by atoms with van der Waals surface area (Å²) >= 11 is 0. The van der Waals surface area contributed by atoms with Crippen LogP contribution in [0.5, 0.6) is 5.75 Å². The highest BCUT2D eigenvalue weighted by atomic mass is 16.5. The molecule has 0 aliphatic carbocycles. The third kappa shape index (κ3) is 4.27. The summed E-state index contributed by atoms with van der Waals surface area (Å²) in [5, 5.41) is 18.1. The smallest absolute Gasteiger partial charge is 0.135 e. The Morgan fingerprint density at radius 2 is 2.06 bits per heavy atom. The van der Waals surface area contributed by atoms with Gasteiger partial charge in [0.15, 0.2) is 0 Å². The molecule has 168 valence electrons. The standard InChI is InChI=1S/C26H27N5O2/c1-2-17-12-21(32)8-9-23(17)30-26(27)22-14-28-31-15-19(18-6-4-3-5-7-18)13-24(31)25(22)29-20-10-11-33-16-20/h3-9,12-15,20,29,32H,2,10-11,16H2,1H3,(H2,27,30)/t20-/m0/s1. The molecule has 0 unspecified atom stereocenters. The van der Waals surface area contributed by atoms with Crippen LogP contribution in [0.4, 0.5) is 11.4 Å². The van der Waals surface area contributed by atoms with Gasteiger partial charge in [0, 0.05) is 18.4 Å². The predicted molar refractivity (Wildman–Crippen MR) is 131 cm³/mol. The molecule has 1 fully saturated rings. The zero-order chi connectivity index (χ0) is 22.8. The number of phenols is 1. The summed E-state index contributed by atoms with van der Waals surface area (Å²) < 4.78 is 7.45. The Balaban J connectivity index is 1.62. The van der Waals surface area contributed by atoms with Crippen LogP contribution in [0.15, 0.2) is 72.0 Å². The highest BCUT2D eigenvalue weighted by Crippen LogP contribution is 2.31. The van der Waals surface area contributed by atoms with Crippen molar-refractivity contribution in [2.45, 2.75) is 25.8 Å². The third-order valence-electron chi connectivity index (χ3n) is 5.98. The van der Waals surface area contributed by atoms with Crippen molar-refractivity contribution in [2.75, 3.05) is 18.5 Å². The molecule has 0 amide bonds. The molecule has 7 nitrogen and oxygen atoms in total. The van der Waals surface area contributed by atoms with Crippen LogP contribution in [0.3, 0.4) is 0 Å². The number of benzene rings is 2. The Labute approximate surface area is 192 Å². The molecule has 0 spiro atoms. The Morgan fingerprint density at radius 1 is 1.21 bits per heavy atom. The molecule has 7 heteroatoms. The number of aliphatic imine (C=N–C) groups is 1. The SMILES string of the molecule is CCc1cc(O)ccc1/N=C(\N)c1cnn2cc(-c3ccccc3)cc2c1N[C@H]1CCOC1. The van der Waals surface area contributed by atoms with Gasteiger partial charge in [-0.05, 0) is 48.2 Å². The minimum Gasteiger partial charge on any atom is -0.508 e. The fourth-order valence-corrected chi connectivity index (χ4v) is 4.20. The molecule has 1 saturated heterocycles. The molecule has 0 bridgehead atoms. The number of nitrogens with zero attached hydrogens (tertiary/aromatic N) is 3. The Hall–Kier alpha value is -3.84. The van der Waals surface area contributed by atoms with Crippen molar-refractivity contribution in [3.63, 3.8) is 0 Å². The summed E-state index contributed by atoms with van der Waals surface area (Å²) in [4.78, 5) is 4.71. The van der Waals surface area contributed by atoms with Crippen molar-refractivity contribution in [3.05, 3.63) is 78.1 Å². The summed E-state index contributed by atoms with van der Waals surface area (Å²) in [7, 11) is 0. The first-order chi connectivity index (χ1) is 16.1. The maximum absolute atomic E-state index is 9.82. The fourth-order valence-electron chi connectivity index (χ4n) is 4.20. The zero-order valence-corrected chi connectivity index (χ0v) is 18.5. The van der Waals surface area contributed by atoms with Crippen molar-refractivity contribution in [3.8, 4) is 16.9 Å². The van der Waals surface area contributed by atoms with Gasteiger partial charge in [0.05, 0.1) is 41.3 Å². The van der Waals surface area contributed by atoms with E-state index in [1.165, 1.54) is 0 Å². The summed E-state index contributed by atoms with van der Waals surface area (Å²) in [5.74, 6) is 0.590. The van der Waals surface area contributed by atoms with Crippen molar-refractivity contribution in [1.82, 2.24) is 9.61 Å². The first-order valence-corrected chi connectivity index (χ1v) is 11.2. The lowest BCUT2D eigenvalue weighted by Gasteiger charge is -2.17. The van der Waals surface area contributed by atoms with Crippen molar-refractivity contribution in [2.24, 2.45) is 10.7 Å². The van der Waals surface area contributed by atoms with Gasteiger partial charge in [-0.1, -0.05) is 37.3 Å². The van der Waals surface area contributed by atoms with Crippen LogP contribution in [-0.4, -0.2) is 39.8 Å². The molecule has 3 heterocycles. The van der Waals surface area contributed by atoms with Gasteiger partial charge in [0.2, 0.25) is 0 Å². The lowest BCUT2D eigenvalue weighted by atomic mass is 10.1. The number of nitrogens with one attached hydrogen (secondary N) is 1. The van der Waals surface area contributed by atoms with Crippen molar-refractivity contribution < 1.29 is 9.84 Å². The van der Waals surface area contributed by atoms with Crippen LogP contribution in [0, 0.1) is 0 Å². The number of anilines is 1. The van der Waals surface area contributed by atoms with E-state index in [4.69, 9.17) is 15.5 Å². The highest BCUT2D eigenvalue weighted by Gasteiger charge is 2.21. The Bertz CT molecular complexity index is 1310. The predicted octanol–water partition coefficient (Wildman–Crippen LogP) is 4.51. The Morgan fingerprint density at radius 3 is 2.82 bits per heavy atom. The largest absolute Gasteiger partial charge is 0.508 e. The molecule has 1 atom stereocenters. The van der Waals surface area contributed by atoms with E-state index in [0.717, 1.165) is 58.6 Å². The van der Waals surface area contributed by atoms with Crippen LogP contribution in [0.2, 0.25) is 0 Å². The average molecular weight is 442 g/mol. The molecule has 2 aromatic heterocycles. The van der Waals surface area contributed by atoms with Crippen LogP contribution >= 0.6 is 0 Å². The molecule has 2 aromatic carbocycles. The lowest BCUT2D eigenvalue weighted by Crippen LogP contribution is -2.24. The van der Waals surface area contributed by atoms with E-state index >= 15 is 0 Å². The number of hydrogen-bond acceptors (Lipinski definition) is 5. The third-order valence-corrected chi connectivity index (χ3v) is 5.98. The summed E-state index contributed by atoms with van der Waals surface area (Å²) in [6, 6.07) is 17.7. The maximum Gasteiger partial charge on any atom is 0.135 e. The van der Waals surface area contributed by atoms with Crippen LogP contribution < -0.4 is 11.1 Å². The van der Waals surface area contributed by atoms with Gasteiger partial charge in [0.1, 0.15) is 11.6 Å². The van der Waals surface area contributed by atoms with Gasteiger partial charge in [0.25, 0.3) is 0 Å². The van der Waals surface area contributed by atoms with Crippen LogP contribution in [0.25, 0.3) is 16.6 Å². The van der Waals surface area contributed by atoms with E-state index in [1.807, 2.05) is 35.8 Å². The second kappa shape index (κ2) is 8.96. The van der Waals surface area contributed by atoms with Gasteiger partial charge in [-0.15, -0.1) is 0 Å². The fraction of sp³-hybridized carbons (Fsp3) is 0.231. The molecule has 0 saturated carbocycles. The first kappa shape index (κ1) is 21.0. The number of ether oxygens (including phenoxy) is 1. The monoisotopic (exact) mass is 441 g/mol. The van der Waals surface area contributed by atoms with Gasteiger partial charge in [-0.25, -0.2) is 9.51 Å². The summed E-state index contributed by atoms with van der Waals surface area (Å²) in [5.41, 5.74) is 13.0. The highest BCUT2D eigenvalue weighted by molar-refractivity contribution is 6.06. The maximum atomic E-state index is 9.82. The average Bonchev–Trinajstić information content (AvgIpc) is 3.51. The molecular formula is C26H27N5O2. The molecule has 5 rings (SSSR count). The number of aryl methyl sites for hydroxylation is 1. The molecule has 1 aliphatic heterocycles. The molecule has 4 N–H and O–H groups in total. The molecule has 4 aromatic rings. The van der Waals surface area contributed by atoms with Crippen molar-refractivity contribution in [1.29, 1.82) is 0 Å². The number of nitrogens with two attached hydrogens (primary N) is 1. The topological polar surface area (TPSA) is 97.2 Å². The van der Waals surface area contributed by atoms with E-state index < -0.39 is 0 Å². The second-order valence-electron chi connectivity index (χ2n) is 8.23. The molecular weight excluding hydrogens is 414 g/mol. The summed E-state index contributed by atoms with van der Waals surface area (Å²) in [6.07, 6.45) is 5.44.